The minimum absolute atomic E-state index is 0.0197. The van der Waals surface area contributed by atoms with Crippen molar-refractivity contribution in [3.8, 4) is 0 Å². The van der Waals surface area contributed by atoms with Crippen LogP contribution in [0.1, 0.15) is 16.8 Å². The molecular formula is C10H11FN4O. The second-order valence-corrected chi connectivity index (χ2v) is 3.04. The van der Waals surface area contributed by atoms with Gasteiger partial charge >= 0.3 is 0 Å². The van der Waals surface area contributed by atoms with Crippen molar-refractivity contribution in [1.82, 2.24) is 5.32 Å². The average Bonchev–Trinajstić information content (AvgIpc) is 2.29. The summed E-state index contributed by atoms with van der Waals surface area (Å²) in [6, 6.07) is 5.76. The van der Waals surface area contributed by atoms with Crippen molar-refractivity contribution in [1.29, 1.82) is 0 Å². The minimum Gasteiger partial charge on any atom is -0.352 e. The zero-order chi connectivity index (χ0) is 11.8. The smallest absolute Gasteiger partial charge is 0.254 e. The highest BCUT2D eigenvalue weighted by Gasteiger charge is 2.08. The van der Waals surface area contributed by atoms with E-state index in [-0.39, 0.29) is 5.56 Å². The molecule has 0 aliphatic carbocycles. The summed E-state index contributed by atoms with van der Waals surface area (Å²) in [5, 5.41) is 5.85. The van der Waals surface area contributed by atoms with Gasteiger partial charge in [0.2, 0.25) is 0 Å². The maximum Gasteiger partial charge on any atom is 0.254 e. The summed E-state index contributed by atoms with van der Waals surface area (Å²) in [7, 11) is 0. The highest BCUT2D eigenvalue weighted by molar-refractivity contribution is 5.94. The third-order valence-corrected chi connectivity index (χ3v) is 1.90. The third kappa shape index (κ3) is 3.59. The first-order chi connectivity index (χ1) is 7.75. The van der Waals surface area contributed by atoms with Crippen LogP contribution < -0.4 is 5.32 Å². The Hall–Kier alpha value is -2.07. The van der Waals surface area contributed by atoms with Gasteiger partial charge < -0.3 is 5.32 Å². The van der Waals surface area contributed by atoms with Gasteiger partial charge in [-0.25, -0.2) is 4.39 Å². The Labute approximate surface area is 91.9 Å². The van der Waals surface area contributed by atoms with E-state index in [0.29, 0.717) is 19.5 Å². The number of azide groups is 1. The molecule has 1 aromatic carbocycles. The first kappa shape index (κ1) is 12.0. The molecular weight excluding hydrogens is 211 g/mol. The van der Waals surface area contributed by atoms with Crippen LogP contribution in [0.3, 0.4) is 0 Å². The van der Waals surface area contributed by atoms with Crippen LogP contribution in [0.15, 0.2) is 29.4 Å². The molecule has 1 amide bonds. The Morgan fingerprint density at radius 2 is 2.25 bits per heavy atom. The van der Waals surface area contributed by atoms with Gasteiger partial charge in [0.05, 0.1) is 5.56 Å². The topological polar surface area (TPSA) is 77.9 Å². The molecule has 16 heavy (non-hydrogen) atoms. The van der Waals surface area contributed by atoms with Crippen molar-refractivity contribution in [2.24, 2.45) is 5.11 Å². The molecule has 0 heterocycles. The maximum atomic E-state index is 13.1. The van der Waals surface area contributed by atoms with E-state index in [9.17, 15) is 9.18 Å². The molecule has 0 aliphatic rings. The van der Waals surface area contributed by atoms with E-state index in [1.54, 1.807) is 6.07 Å². The third-order valence-electron chi connectivity index (χ3n) is 1.90. The fraction of sp³-hybridized carbons (Fsp3) is 0.300. The van der Waals surface area contributed by atoms with Gasteiger partial charge in [-0.1, -0.05) is 17.2 Å². The summed E-state index contributed by atoms with van der Waals surface area (Å²) in [5.74, 6) is -1.01. The number of benzene rings is 1. The Balaban J connectivity index is 2.41. The van der Waals surface area contributed by atoms with Gasteiger partial charge in [-0.2, -0.15) is 0 Å². The van der Waals surface area contributed by atoms with Gasteiger partial charge in [0.1, 0.15) is 5.82 Å². The van der Waals surface area contributed by atoms with Crippen molar-refractivity contribution >= 4 is 5.91 Å². The summed E-state index contributed by atoms with van der Waals surface area (Å²) in [4.78, 5) is 14.0. The molecule has 0 aliphatic heterocycles. The molecule has 0 fully saturated rings. The lowest BCUT2D eigenvalue weighted by molar-refractivity contribution is 0.0949. The molecule has 0 radical (unpaired) electrons. The van der Waals surface area contributed by atoms with Gasteiger partial charge in [-0.05, 0) is 24.1 Å². The number of rotatable bonds is 5. The van der Waals surface area contributed by atoms with Gasteiger partial charge in [-0.3, -0.25) is 4.79 Å². The molecule has 0 bridgehead atoms. The minimum atomic E-state index is -0.546. The lowest BCUT2D eigenvalue weighted by Gasteiger charge is -2.04. The zero-order valence-corrected chi connectivity index (χ0v) is 8.56. The van der Waals surface area contributed by atoms with E-state index in [1.807, 2.05) is 0 Å². The van der Waals surface area contributed by atoms with Crippen molar-refractivity contribution < 1.29 is 9.18 Å². The van der Waals surface area contributed by atoms with Crippen LogP contribution in [0.5, 0.6) is 0 Å². The quantitative estimate of drug-likeness (QED) is 0.352. The molecule has 0 unspecified atom stereocenters. The van der Waals surface area contributed by atoms with Gasteiger partial charge in [0.25, 0.3) is 5.91 Å². The van der Waals surface area contributed by atoms with Gasteiger partial charge in [-0.15, -0.1) is 0 Å². The van der Waals surface area contributed by atoms with E-state index in [1.165, 1.54) is 18.2 Å². The second kappa shape index (κ2) is 6.42. The van der Waals surface area contributed by atoms with Crippen LogP contribution >= 0.6 is 0 Å². The molecule has 5 nitrogen and oxygen atoms in total. The molecule has 0 spiro atoms. The molecule has 0 saturated heterocycles. The molecule has 6 heteroatoms. The van der Waals surface area contributed by atoms with E-state index in [4.69, 9.17) is 5.53 Å². The van der Waals surface area contributed by atoms with Crippen molar-refractivity contribution in [3.05, 3.63) is 46.1 Å². The van der Waals surface area contributed by atoms with Crippen LogP contribution in [0.25, 0.3) is 10.4 Å². The van der Waals surface area contributed by atoms with E-state index in [0.717, 1.165) is 0 Å². The number of halogens is 1. The van der Waals surface area contributed by atoms with Crippen molar-refractivity contribution in [3.63, 3.8) is 0 Å². The van der Waals surface area contributed by atoms with Crippen LogP contribution in [-0.2, 0) is 0 Å². The summed E-state index contributed by atoms with van der Waals surface area (Å²) < 4.78 is 13.1. The fourth-order valence-electron chi connectivity index (χ4n) is 1.14. The lowest BCUT2D eigenvalue weighted by atomic mass is 10.2. The number of amides is 1. The number of carbonyl (C=O) groups is 1. The monoisotopic (exact) mass is 222 g/mol. The molecule has 0 atom stereocenters. The highest BCUT2D eigenvalue weighted by atomic mass is 19.1. The largest absolute Gasteiger partial charge is 0.352 e. The van der Waals surface area contributed by atoms with Crippen LogP contribution in [-0.4, -0.2) is 19.0 Å². The number of nitrogens with one attached hydrogen (secondary N) is 1. The predicted octanol–water partition coefficient (Wildman–Crippen LogP) is 2.26. The van der Waals surface area contributed by atoms with Gasteiger partial charge in [0.15, 0.2) is 0 Å². The van der Waals surface area contributed by atoms with Crippen molar-refractivity contribution in [2.45, 2.75) is 6.42 Å². The summed E-state index contributed by atoms with van der Waals surface area (Å²) >= 11 is 0. The molecule has 84 valence electrons. The standard InChI is InChI=1S/C10H11FN4O/c11-9-5-2-1-4-8(9)10(16)13-6-3-7-14-15-12/h1-2,4-5H,3,6-7H2,(H,13,16). The number of hydrogen-bond acceptors (Lipinski definition) is 2. The van der Waals surface area contributed by atoms with Crippen molar-refractivity contribution in [2.75, 3.05) is 13.1 Å². The summed E-state index contributed by atoms with van der Waals surface area (Å²) in [6.45, 7) is 0.667. The first-order valence-corrected chi connectivity index (χ1v) is 4.79. The number of carbonyl (C=O) groups excluding carboxylic acids is 1. The normalized spacial score (nSPS) is 9.31. The van der Waals surface area contributed by atoms with Crippen LogP contribution in [0, 0.1) is 5.82 Å². The number of nitrogens with zero attached hydrogens (tertiary/aromatic N) is 3. The predicted molar refractivity (Wildman–Crippen MR) is 57.4 cm³/mol. The lowest BCUT2D eigenvalue weighted by Crippen LogP contribution is -2.25. The van der Waals surface area contributed by atoms with E-state index < -0.39 is 11.7 Å². The van der Waals surface area contributed by atoms with Crippen LogP contribution in [0.4, 0.5) is 4.39 Å². The Morgan fingerprint density at radius 1 is 1.50 bits per heavy atom. The molecule has 1 N–H and O–H groups in total. The van der Waals surface area contributed by atoms with Crippen LogP contribution in [0.2, 0.25) is 0 Å². The van der Waals surface area contributed by atoms with E-state index >= 15 is 0 Å². The Bertz CT molecular complexity index is 415. The molecule has 1 rings (SSSR count). The average molecular weight is 222 g/mol. The second-order valence-electron chi connectivity index (χ2n) is 3.04. The van der Waals surface area contributed by atoms with Gasteiger partial charge in [0, 0.05) is 18.0 Å². The summed E-state index contributed by atoms with van der Waals surface area (Å²) in [6.07, 6.45) is 0.532. The fourth-order valence-corrected chi connectivity index (χ4v) is 1.14. The Kier molecular flexibility index (Phi) is 4.82. The maximum absolute atomic E-state index is 13.1. The highest BCUT2D eigenvalue weighted by Crippen LogP contribution is 2.05. The molecule has 0 saturated carbocycles. The molecule has 1 aromatic rings. The SMILES string of the molecule is [N-]=[N+]=NCCCNC(=O)c1ccccc1F. The first-order valence-electron chi connectivity index (χ1n) is 4.79. The molecule has 0 aromatic heterocycles. The zero-order valence-electron chi connectivity index (χ0n) is 8.56. The van der Waals surface area contributed by atoms with E-state index in [2.05, 4.69) is 15.3 Å². The summed E-state index contributed by atoms with van der Waals surface area (Å²) in [5.41, 5.74) is 8.03. The number of hydrogen-bond donors (Lipinski definition) is 1. The Morgan fingerprint density at radius 3 is 2.94 bits per heavy atom.